The van der Waals surface area contributed by atoms with Crippen LogP contribution in [-0.2, 0) is 6.54 Å². The molecule has 0 spiro atoms. The standard InChI is InChI=1S/C17H25N3/c1-3-9-20(13-17-5-4-8-19-17)12-16-7-6-15(11-18)10-14(16)2/h6-7,10,17,19H,3-5,8-9,12-13H2,1-2H3. The molecule has 1 heterocycles. The summed E-state index contributed by atoms with van der Waals surface area (Å²) in [7, 11) is 0. The Labute approximate surface area is 122 Å². The molecule has 1 unspecified atom stereocenters. The SMILES string of the molecule is CCCN(Cc1ccc(C#N)cc1C)CC1CCCN1. The summed E-state index contributed by atoms with van der Waals surface area (Å²) in [6, 6.07) is 8.90. The zero-order valence-electron chi connectivity index (χ0n) is 12.7. The van der Waals surface area contributed by atoms with Crippen LogP contribution in [0, 0.1) is 18.3 Å². The smallest absolute Gasteiger partial charge is 0.0991 e. The molecule has 20 heavy (non-hydrogen) atoms. The van der Waals surface area contributed by atoms with Gasteiger partial charge in [0.1, 0.15) is 0 Å². The fourth-order valence-electron chi connectivity index (χ4n) is 2.96. The molecule has 2 rings (SSSR count). The van der Waals surface area contributed by atoms with E-state index in [1.54, 1.807) is 0 Å². The summed E-state index contributed by atoms with van der Waals surface area (Å²) in [5, 5.41) is 12.5. The molecule has 0 aromatic heterocycles. The minimum absolute atomic E-state index is 0.653. The van der Waals surface area contributed by atoms with Crippen molar-refractivity contribution in [1.29, 1.82) is 5.26 Å². The molecule has 1 saturated heterocycles. The molecule has 3 nitrogen and oxygen atoms in total. The first-order valence-corrected chi connectivity index (χ1v) is 7.68. The number of benzene rings is 1. The molecule has 1 aliphatic rings. The van der Waals surface area contributed by atoms with Crippen LogP contribution in [0.15, 0.2) is 18.2 Å². The molecule has 0 bridgehead atoms. The lowest BCUT2D eigenvalue weighted by Crippen LogP contribution is -2.37. The Morgan fingerprint density at radius 2 is 2.30 bits per heavy atom. The lowest BCUT2D eigenvalue weighted by Gasteiger charge is -2.26. The van der Waals surface area contributed by atoms with Crippen LogP contribution in [0.3, 0.4) is 0 Å². The number of aryl methyl sites for hydroxylation is 1. The van der Waals surface area contributed by atoms with Crippen LogP contribution in [0.5, 0.6) is 0 Å². The number of hydrogen-bond acceptors (Lipinski definition) is 3. The average Bonchev–Trinajstić information content (AvgIpc) is 2.94. The number of nitriles is 1. The summed E-state index contributed by atoms with van der Waals surface area (Å²) < 4.78 is 0. The van der Waals surface area contributed by atoms with Gasteiger partial charge in [-0.2, -0.15) is 5.26 Å². The minimum Gasteiger partial charge on any atom is -0.313 e. The number of hydrogen-bond donors (Lipinski definition) is 1. The first-order valence-electron chi connectivity index (χ1n) is 7.68. The molecule has 3 heteroatoms. The van der Waals surface area contributed by atoms with E-state index < -0.39 is 0 Å². The first kappa shape index (κ1) is 15.0. The van der Waals surface area contributed by atoms with Crippen LogP contribution >= 0.6 is 0 Å². The van der Waals surface area contributed by atoms with Gasteiger partial charge in [0.15, 0.2) is 0 Å². The fourth-order valence-corrected chi connectivity index (χ4v) is 2.96. The van der Waals surface area contributed by atoms with Crippen molar-refractivity contribution in [1.82, 2.24) is 10.2 Å². The fraction of sp³-hybridized carbons (Fsp3) is 0.588. The summed E-state index contributed by atoms with van der Waals surface area (Å²) in [4.78, 5) is 2.54. The maximum atomic E-state index is 8.94. The van der Waals surface area contributed by atoms with E-state index in [1.807, 2.05) is 12.1 Å². The van der Waals surface area contributed by atoms with Crippen molar-refractivity contribution in [3.63, 3.8) is 0 Å². The van der Waals surface area contributed by atoms with Crippen molar-refractivity contribution in [2.24, 2.45) is 0 Å². The highest BCUT2D eigenvalue weighted by Gasteiger charge is 2.18. The Balaban J connectivity index is 2.01. The molecule has 108 valence electrons. The van der Waals surface area contributed by atoms with Crippen LogP contribution < -0.4 is 5.32 Å². The van der Waals surface area contributed by atoms with Gasteiger partial charge in [0.25, 0.3) is 0 Å². The second-order valence-corrected chi connectivity index (χ2v) is 5.78. The molecular weight excluding hydrogens is 246 g/mol. The maximum Gasteiger partial charge on any atom is 0.0991 e. The second-order valence-electron chi connectivity index (χ2n) is 5.78. The first-order chi connectivity index (χ1) is 9.72. The van der Waals surface area contributed by atoms with Crippen molar-refractivity contribution in [3.8, 4) is 6.07 Å². The highest BCUT2D eigenvalue weighted by molar-refractivity contribution is 5.37. The summed E-state index contributed by atoms with van der Waals surface area (Å²) in [6.07, 6.45) is 3.79. The van der Waals surface area contributed by atoms with E-state index in [9.17, 15) is 0 Å². The Bertz CT molecular complexity index is 470. The van der Waals surface area contributed by atoms with Gasteiger partial charge in [-0.05, 0) is 62.5 Å². The predicted molar refractivity (Wildman–Crippen MR) is 82.5 cm³/mol. The molecule has 1 aliphatic heterocycles. The molecule has 0 radical (unpaired) electrons. The van der Waals surface area contributed by atoms with Crippen LogP contribution in [0.4, 0.5) is 0 Å². The van der Waals surface area contributed by atoms with Gasteiger partial charge in [0, 0.05) is 19.1 Å². The third-order valence-electron chi connectivity index (χ3n) is 4.05. The van der Waals surface area contributed by atoms with Crippen LogP contribution in [0.25, 0.3) is 0 Å². The molecule has 0 amide bonds. The highest BCUT2D eigenvalue weighted by atomic mass is 15.1. The molecule has 0 saturated carbocycles. The molecule has 1 aromatic carbocycles. The van der Waals surface area contributed by atoms with E-state index in [0.29, 0.717) is 6.04 Å². The van der Waals surface area contributed by atoms with Crippen molar-refractivity contribution in [2.45, 2.75) is 45.7 Å². The summed E-state index contributed by atoms with van der Waals surface area (Å²) >= 11 is 0. The van der Waals surface area contributed by atoms with Gasteiger partial charge in [-0.15, -0.1) is 0 Å². The van der Waals surface area contributed by atoms with E-state index >= 15 is 0 Å². The van der Waals surface area contributed by atoms with Crippen LogP contribution in [0.2, 0.25) is 0 Å². The van der Waals surface area contributed by atoms with E-state index in [-0.39, 0.29) is 0 Å². The molecule has 0 aliphatic carbocycles. The monoisotopic (exact) mass is 271 g/mol. The topological polar surface area (TPSA) is 39.1 Å². The Kier molecular flexibility index (Phi) is 5.58. The number of nitrogens with zero attached hydrogens (tertiary/aromatic N) is 2. The zero-order chi connectivity index (χ0) is 14.4. The zero-order valence-corrected chi connectivity index (χ0v) is 12.7. The molecular formula is C17H25N3. The van der Waals surface area contributed by atoms with Crippen molar-refractivity contribution in [2.75, 3.05) is 19.6 Å². The quantitative estimate of drug-likeness (QED) is 0.864. The second kappa shape index (κ2) is 7.42. The van der Waals surface area contributed by atoms with E-state index in [4.69, 9.17) is 5.26 Å². The normalized spacial score (nSPS) is 18.4. The van der Waals surface area contributed by atoms with E-state index in [2.05, 4.69) is 36.2 Å². The third-order valence-corrected chi connectivity index (χ3v) is 4.05. The third kappa shape index (κ3) is 4.06. The van der Waals surface area contributed by atoms with Gasteiger partial charge in [-0.25, -0.2) is 0 Å². The number of rotatable bonds is 6. The lowest BCUT2D eigenvalue weighted by molar-refractivity contribution is 0.241. The van der Waals surface area contributed by atoms with Crippen LogP contribution in [0.1, 0.15) is 42.9 Å². The summed E-state index contributed by atoms with van der Waals surface area (Å²) in [5.41, 5.74) is 3.32. The summed E-state index contributed by atoms with van der Waals surface area (Å²) in [5.74, 6) is 0. The average molecular weight is 271 g/mol. The highest BCUT2D eigenvalue weighted by Crippen LogP contribution is 2.15. The summed E-state index contributed by atoms with van der Waals surface area (Å²) in [6.45, 7) is 8.77. The van der Waals surface area contributed by atoms with E-state index in [1.165, 1.54) is 36.9 Å². The Hall–Kier alpha value is -1.37. The maximum absolute atomic E-state index is 8.94. The van der Waals surface area contributed by atoms with Crippen molar-refractivity contribution < 1.29 is 0 Å². The van der Waals surface area contributed by atoms with Gasteiger partial charge in [-0.3, -0.25) is 4.90 Å². The van der Waals surface area contributed by atoms with Gasteiger partial charge < -0.3 is 5.32 Å². The number of nitrogens with one attached hydrogen (secondary N) is 1. The van der Waals surface area contributed by atoms with Gasteiger partial charge in [-0.1, -0.05) is 13.0 Å². The Morgan fingerprint density at radius 3 is 2.90 bits per heavy atom. The minimum atomic E-state index is 0.653. The molecule has 1 atom stereocenters. The largest absolute Gasteiger partial charge is 0.313 e. The lowest BCUT2D eigenvalue weighted by atomic mass is 10.0. The molecule has 1 N–H and O–H groups in total. The van der Waals surface area contributed by atoms with Crippen LogP contribution in [-0.4, -0.2) is 30.6 Å². The van der Waals surface area contributed by atoms with Gasteiger partial charge in [0.2, 0.25) is 0 Å². The molecule has 1 fully saturated rings. The molecule has 1 aromatic rings. The van der Waals surface area contributed by atoms with Crippen molar-refractivity contribution >= 4 is 0 Å². The van der Waals surface area contributed by atoms with Crippen molar-refractivity contribution in [3.05, 3.63) is 34.9 Å². The van der Waals surface area contributed by atoms with Gasteiger partial charge in [0.05, 0.1) is 11.6 Å². The predicted octanol–water partition coefficient (Wildman–Crippen LogP) is 2.83. The van der Waals surface area contributed by atoms with E-state index in [0.717, 1.165) is 25.2 Å². The Morgan fingerprint density at radius 1 is 1.45 bits per heavy atom. The van der Waals surface area contributed by atoms with Gasteiger partial charge >= 0.3 is 0 Å².